The maximum absolute atomic E-state index is 12.1. The molecule has 1 aromatic carbocycles. The second-order valence-corrected chi connectivity index (χ2v) is 7.43. The van der Waals surface area contributed by atoms with Gasteiger partial charge in [-0.15, -0.1) is 24.0 Å². The van der Waals surface area contributed by atoms with Crippen molar-refractivity contribution in [2.45, 2.75) is 26.4 Å². The number of aliphatic imine (C=N–C) groups is 1. The molecule has 158 valence electrons. The number of nitrogens with zero attached hydrogens (tertiary/aromatic N) is 3. The van der Waals surface area contributed by atoms with Crippen LogP contribution in [0.3, 0.4) is 0 Å². The predicted octanol–water partition coefficient (Wildman–Crippen LogP) is 2.59. The molecule has 0 unspecified atom stereocenters. The van der Waals surface area contributed by atoms with Crippen molar-refractivity contribution in [3.8, 4) is 5.75 Å². The van der Waals surface area contributed by atoms with Crippen LogP contribution >= 0.6 is 24.0 Å². The summed E-state index contributed by atoms with van der Waals surface area (Å²) in [7, 11) is 1.63. The zero-order valence-corrected chi connectivity index (χ0v) is 19.4. The van der Waals surface area contributed by atoms with E-state index in [1.807, 2.05) is 45.0 Å². The van der Waals surface area contributed by atoms with Gasteiger partial charge >= 0.3 is 6.09 Å². The Morgan fingerprint density at radius 3 is 2.32 bits per heavy atom. The Morgan fingerprint density at radius 2 is 1.79 bits per heavy atom. The number of halogens is 1. The molecule has 1 amide bonds. The number of guanidine groups is 1. The fraction of sp³-hybridized carbons (Fsp3) is 0.579. The van der Waals surface area contributed by atoms with Crippen LogP contribution in [0.2, 0.25) is 0 Å². The van der Waals surface area contributed by atoms with E-state index in [1.54, 1.807) is 12.0 Å². The van der Waals surface area contributed by atoms with Gasteiger partial charge in [-0.3, -0.25) is 9.89 Å². The van der Waals surface area contributed by atoms with Gasteiger partial charge in [0, 0.05) is 38.4 Å². The Hall–Kier alpha value is -1.75. The summed E-state index contributed by atoms with van der Waals surface area (Å²) in [5, 5.41) is 3.06. The van der Waals surface area contributed by atoms with E-state index in [4.69, 9.17) is 15.2 Å². The van der Waals surface area contributed by atoms with Crippen LogP contribution in [-0.4, -0.2) is 73.8 Å². The second kappa shape index (κ2) is 11.3. The van der Waals surface area contributed by atoms with Crippen LogP contribution < -0.4 is 15.8 Å². The van der Waals surface area contributed by atoms with Gasteiger partial charge in [0.15, 0.2) is 5.96 Å². The monoisotopic (exact) mass is 505 g/mol. The highest BCUT2D eigenvalue weighted by atomic mass is 127. The molecule has 1 aromatic rings. The van der Waals surface area contributed by atoms with Gasteiger partial charge < -0.3 is 25.4 Å². The number of ether oxygens (including phenoxy) is 2. The van der Waals surface area contributed by atoms with Gasteiger partial charge in [0.25, 0.3) is 0 Å². The summed E-state index contributed by atoms with van der Waals surface area (Å²) in [6, 6.07) is 7.49. The van der Waals surface area contributed by atoms with Crippen LogP contribution in [-0.2, 0) is 4.74 Å². The van der Waals surface area contributed by atoms with E-state index in [0.717, 1.165) is 31.1 Å². The van der Waals surface area contributed by atoms with Crippen LogP contribution in [0.1, 0.15) is 20.8 Å². The van der Waals surface area contributed by atoms with Gasteiger partial charge in [-0.2, -0.15) is 0 Å². The molecule has 28 heavy (non-hydrogen) atoms. The highest BCUT2D eigenvalue weighted by Crippen LogP contribution is 2.14. The molecular formula is C19H32IN5O3. The Kier molecular flexibility index (Phi) is 9.80. The van der Waals surface area contributed by atoms with E-state index in [9.17, 15) is 4.79 Å². The summed E-state index contributed by atoms with van der Waals surface area (Å²) in [5.74, 6) is 1.18. The lowest BCUT2D eigenvalue weighted by molar-refractivity contribution is 0.0148. The van der Waals surface area contributed by atoms with Gasteiger partial charge in [0.1, 0.15) is 11.4 Å². The first-order valence-electron chi connectivity index (χ1n) is 9.18. The van der Waals surface area contributed by atoms with Crippen LogP contribution in [0.5, 0.6) is 5.75 Å². The van der Waals surface area contributed by atoms with Crippen LogP contribution in [0.15, 0.2) is 29.3 Å². The van der Waals surface area contributed by atoms with Gasteiger partial charge in [0.2, 0.25) is 0 Å². The Labute approximate surface area is 184 Å². The van der Waals surface area contributed by atoms with Gasteiger partial charge in [-0.25, -0.2) is 4.79 Å². The summed E-state index contributed by atoms with van der Waals surface area (Å²) < 4.78 is 10.5. The van der Waals surface area contributed by atoms with Crippen molar-refractivity contribution in [1.29, 1.82) is 0 Å². The molecular weight excluding hydrogens is 473 g/mol. The molecule has 1 aliphatic rings. The van der Waals surface area contributed by atoms with Crippen molar-refractivity contribution in [3.63, 3.8) is 0 Å². The SMILES string of the molecule is COc1ccc(NC(N)=NCCN2CCN(C(=O)OC(C)(C)C)CC2)cc1.I. The molecule has 1 fully saturated rings. The zero-order valence-electron chi connectivity index (χ0n) is 17.1. The predicted molar refractivity (Wildman–Crippen MR) is 123 cm³/mol. The number of anilines is 1. The number of benzene rings is 1. The molecule has 0 atom stereocenters. The highest BCUT2D eigenvalue weighted by molar-refractivity contribution is 14.0. The first-order valence-corrected chi connectivity index (χ1v) is 9.18. The molecule has 0 spiro atoms. The number of piperazine rings is 1. The van der Waals surface area contributed by atoms with E-state index in [-0.39, 0.29) is 30.1 Å². The molecule has 2 rings (SSSR count). The van der Waals surface area contributed by atoms with Crippen molar-refractivity contribution >= 4 is 41.7 Å². The van der Waals surface area contributed by atoms with Crippen molar-refractivity contribution in [1.82, 2.24) is 9.80 Å². The number of nitrogens with one attached hydrogen (secondary N) is 1. The average Bonchev–Trinajstić information content (AvgIpc) is 2.61. The molecule has 3 N–H and O–H groups in total. The second-order valence-electron chi connectivity index (χ2n) is 7.43. The lowest BCUT2D eigenvalue weighted by Crippen LogP contribution is -2.50. The molecule has 0 radical (unpaired) electrons. The van der Waals surface area contributed by atoms with E-state index in [2.05, 4.69) is 15.2 Å². The molecule has 0 aliphatic carbocycles. The van der Waals surface area contributed by atoms with E-state index >= 15 is 0 Å². The third-order valence-electron chi connectivity index (χ3n) is 4.08. The molecule has 1 saturated heterocycles. The number of carbonyl (C=O) groups excluding carboxylic acids is 1. The average molecular weight is 505 g/mol. The third kappa shape index (κ3) is 8.51. The molecule has 1 aliphatic heterocycles. The summed E-state index contributed by atoms with van der Waals surface area (Å²) in [5.41, 5.74) is 6.34. The maximum atomic E-state index is 12.1. The van der Waals surface area contributed by atoms with Crippen LogP contribution in [0, 0.1) is 0 Å². The van der Waals surface area contributed by atoms with E-state index in [1.165, 1.54) is 0 Å². The Morgan fingerprint density at radius 1 is 1.18 bits per heavy atom. The summed E-state index contributed by atoms with van der Waals surface area (Å²) in [6.07, 6.45) is -0.242. The smallest absolute Gasteiger partial charge is 0.410 e. The Balaban J connectivity index is 0.00000392. The van der Waals surface area contributed by atoms with Gasteiger partial charge in [-0.05, 0) is 45.0 Å². The highest BCUT2D eigenvalue weighted by Gasteiger charge is 2.25. The molecule has 0 saturated carbocycles. The number of rotatable bonds is 5. The van der Waals surface area contributed by atoms with Crippen molar-refractivity contribution in [3.05, 3.63) is 24.3 Å². The number of carbonyl (C=O) groups is 1. The minimum Gasteiger partial charge on any atom is -0.497 e. The van der Waals surface area contributed by atoms with Gasteiger partial charge in [0.05, 0.1) is 13.7 Å². The minimum absolute atomic E-state index is 0. The zero-order chi connectivity index (χ0) is 19.9. The summed E-state index contributed by atoms with van der Waals surface area (Å²) in [6.45, 7) is 9.97. The lowest BCUT2D eigenvalue weighted by Gasteiger charge is -2.35. The number of hydrogen-bond acceptors (Lipinski definition) is 5. The van der Waals surface area contributed by atoms with Crippen LogP contribution in [0.4, 0.5) is 10.5 Å². The Bertz CT molecular complexity index is 638. The first kappa shape index (κ1) is 24.3. The topological polar surface area (TPSA) is 92.4 Å². The molecule has 9 heteroatoms. The lowest BCUT2D eigenvalue weighted by atomic mass is 10.2. The van der Waals surface area contributed by atoms with Crippen molar-refractivity contribution in [2.24, 2.45) is 10.7 Å². The quantitative estimate of drug-likeness (QED) is 0.363. The number of hydrogen-bond donors (Lipinski definition) is 2. The molecule has 0 aromatic heterocycles. The first-order chi connectivity index (χ1) is 12.8. The largest absolute Gasteiger partial charge is 0.497 e. The molecule has 8 nitrogen and oxygen atoms in total. The normalized spacial score (nSPS) is 15.6. The fourth-order valence-electron chi connectivity index (χ4n) is 2.65. The molecule has 0 bridgehead atoms. The standard InChI is InChI=1S/C19H31N5O3.HI/c1-19(2,3)27-18(25)24-13-11-23(12-14-24)10-9-21-17(20)22-15-5-7-16(26-4)8-6-15;/h5-8H,9-14H2,1-4H3,(H3,20,21,22);1H. The van der Waals surface area contributed by atoms with E-state index in [0.29, 0.717) is 25.6 Å². The van der Waals surface area contributed by atoms with Crippen LogP contribution in [0.25, 0.3) is 0 Å². The summed E-state index contributed by atoms with van der Waals surface area (Å²) >= 11 is 0. The van der Waals surface area contributed by atoms with E-state index < -0.39 is 5.60 Å². The van der Waals surface area contributed by atoms with Gasteiger partial charge in [-0.1, -0.05) is 0 Å². The van der Waals surface area contributed by atoms with Crippen molar-refractivity contribution < 1.29 is 14.3 Å². The number of nitrogens with two attached hydrogens (primary N) is 1. The minimum atomic E-state index is -0.461. The third-order valence-corrected chi connectivity index (χ3v) is 4.08. The maximum Gasteiger partial charge on any atom is 0.410 e. The van der Waals surface area contributed by atoms with Crippen molar-refractivity contribution in [2.75, 3.05) is 51.7 Å². The number of methoxy groups -OCH3 is 1. The molecule has 1 heterocycles. The number of amides is 1. The summed E-state index contributed by atoms with van der Waals surface area (Å²) in [4.78, 5) is 20.5. The fourth-order valence-corrected chi connectivity index (χ4v) is 2.65.